The number of aryl methyl sites for hydroxylation is 1. The van der Waals surface area contributed by atoms with Crippen LogP contribution < -0.4 is 20.1 Å². The highest BCUT2D eigenvalue weighted by molar-refractivity contribution is 8.00. The first-order chi connectivity index (χ1) is 15.0. The van der Waals surface area contributed by atoms with E-state index in [0.717, 1.165) is 10.5 Å². The fourth-order valence-corrected chi connectivity index (χ4v) is 3.60. The van der Waals surface area contributed by atoms with Crippen LogP contribution >= 0.6 is 11.8 Å². The fraction of sp³-hybridized carbons (Fsp3) is 0.167. The smallest absolute Gasteiger partial charge is 0.255 e. The van der Waals surface area contributed by atoms with Gasteiger partial charge in [0.15, 0.2) is 0 Å². The predicted molar refractivity (Wildman–Crippen MR) is 124 cm³/mol. The lowest BCUT2D eigenvalue weighted by Crippen LogP contribution is -2.14. The van der Waals surface area contributed by atoms with Gasteiger partial charge in [-0.2, -0.15) is 0 Å². The summed E-state index contributed by atoms with van der Waals surface area (Å²) >= 11 is 1.41. The summed E-state index contributed by atoms with van der Waals surface area (Å²) < 4.78 is 10.5. The summed E-state index contributed by atoms with van der Waals surface area (Å²) in [4.78, 5) is 25.7. The van der Waals surface area contributed by atoms with E-state index in [1.165, 1.54) is 11.8 Å². The van der Waals surface area contributed by atoms with Crippen LogP contribution in [0.5, 0.6) is 11.5 Å². The van der Waals surface area contributed by atoms with Crippen LogP contribution in [-0.4, -0.2) is 31.8 Å². The highest BCUT2D eigenvalue weighted by Crippen LogP contribution is 2.29. The maximum absolute atomic E-state index is 12.4. The number of hydrogen-bond acceptors (Lipinski definition) is 5. The molecule has 0 saturated heterocycles. The third kappa shape index (κ3) is 6.02. The Hall–Kier alpha value is -3.45. The van der Waals surface area contributed by atoms with Gasteiger partial charge < -0.3 is 20.1 Å². The Balaban J connectivity index is 1.54. The summed E-state index contributed by atoms with van der Waals surface area (Å²) in [6, 6.07) is 20.1. The zero-order chi connectivity index (χ0) is 22.2. The molecule has 2 N–H and O–H groups in total. The molecule has 0 unspecified atom stereocenters. The molecule has 7 heteroatoms. The normalized spacial score (nSPS) is 10.3. The number of nitrogens with one attached hydrogen (secondary N) is 2. The number of methoxy groups -OCH3 is 2. The summed E-state index contributed by atoms with van der Waals surface area (Å²) in [5.41, 5.74) is 2.85. The zero-order valence-corrected chi connectivity index (χ0v) is 18.4. The van der Waals surface area contributed by atoms with Crippen molar-refractivity contribution in [3.8, 4) is 11.5 Å². The first kappa shape index (κ1) is 22.2. The molecular weight excluding hydrogens is 412 g/mol. The largest absolute Gasteiger partial charge is 0.497 e. The average Bonchev–Trinajstić information content (AvgIpc) is 2.79. The Kier molecular flexibility index (Phi) is 7.56. The molecule has 31 heavy (non-hydrogen) atoms. The number of benzene rings is 3. The summed E-state index contributed by atoms with van der Waals surface area (Å²) in [5, 5.41) is 5.74. The van der Waals surface area contributed by atoms with Gasteiger partial charge in [-0.25, -0.2) is 0 Å². The number of anilines is 2. The van der Waals surface area contributed by atoms with E-state index in [1.54, 1.807) is 38.5 Å². The van der Waals surface area contributed by atoms with Crippen LogP contribution in [-0.2, 0) is 4.79 Å². The van der Waals surface area contributed by atoms with Crippen molar-refractivity contribution in [2.75, 3.05) is 30.6 Å². The monoisotopic (exact) mass is 436 g/mol. The van der Waals surface area contributed by atoms with Crippen molar-refractivity contribution in [2.24, 2.45) is 0 Å². The molecule has 0 radical (unpaired) electrons. The third-order valence-corrected chi connectivity index (χ3v) is 5.57. The lowest BCUT2D eigenvalue weighted by molar-refractivity contribution is -0.113. The van der Waals surface area contributed by atoms with E-state index < -0.39 is 0 Å². The number of carbonyl (C=O) groups is 2. The third-order valence-electron chi connectivity index (χ3n) is 4.55. The molecule has 3 aromatic rings. The van der Waals surface area contributed by atoms with Gasteiger partial charge in [-0.3, -0.25) is 9.59 Å². The molecular formula is C24H24N2O4S. The van der Waals surface area contributed by atoms with Crippen LogP contribution in [0.4, 0.5) is 11.4 Å². The number of rotatable bonds is 8. The molecule has 160 valence electrons. The Morgan fingerprint density at radius 2 is 1.65 bits per heavy atom. The van der Waals surface area contributed by atoms with Gasteiger partial charge in [0.2, 0.25) is 5.91 Å². The summed E-state index contributed by atoms with van der Waals surface area (Å²) in [6.07, 6.45) is 0. The molecule has 0 heterocycles. The molecule has 6 nitrogen and oxygen atoms in total. The minimum atomic E-state index is -0.148. The molecule has 0 saturated carbocycles. The summed E-state index contributed by atoms with van der Waals surface area (Å²) in [5.74, 6) is 1.13. The van der Waals surface area contributed by atoms with E-state index >= 15 is 0 Å². The van der Waals surface area contributed by atoms with Crippen LogP contribution in [0.2, 0.25) is 0 Å². The Morgan fingerprint density at radius 3 is 2.32 bits per heavy atom. The standard InChI is InChI=1S/C24H24N2O4S/c1-16-6-4-5-7-20(16)24(28)25-17-8-11-19(12-9-17)31-15-23(27)26-21-13-10-18(29-2)14-22(21)30-3/h4-14H,15H2,1-3H3,(H,25,28)(H,26,27). The van der Waals surface area contributed by atoms with E-state index in [2.05, 4.69) is 10.6 Å². The van der Waals surface area contributed by atoms with Crippen molar-refractivity contribution >= 4 is 35.0 Å². The molecule has 0 spiro atoms. The molecule has 0 aliphatic rings. The lowest BCUT2D eigenvalue weighted by Gasteiger charge is -2.11. The number of carbonyl (C=O) groups excluding carboxylic acids is 2. The molecule has 0 aliphatic heterocycles. The molecule has 0 aromatic heterocycles. The molecule has 0 atom stereocenters. The Morgan fingerprint density at radius 1 is 0.903 bits per heavy atom. The molecule has 3 rings (SSSR count). The molecule has 0 fully saturated rings. The average molecular weight is 437 g/mol. The van der Waals surface area contributed by atoms with E-state index in [1.807, 2.05) is 49.4 Å². The highest BCUT2D eigenvalue weighted by atomic mass is 32.2. The van der Waals surface area contributed by atoms with E-state index in [0.29, 0.717) is 28.4 Å². The van der Waals surface area contributed by atoms with Gasteiger partial charge in [-0.1, -0.05) is 18.2 Å². The minimum Gasteiger partial charge on any atom is -0.497 e. The molecule has 0 bridgehead atoms. The van der Waals surface area contributed by atoms with Gasteiger partial charge in [-0.05, 0) is 55.0 Å². The lowest BCUT2D eigenvalue weighted by atomic mass is 10.1. The van der Waals surface area contributed by atoms with Crippen molar-refractivity contribution in [3.05, 3.63) is 77.9 Å². The number of ether oxygens (including phenoxy) is 2. The maximum atomic E-state index is 12.4. The summed E-state index contributed by atoms with van der Waals surface area (Å²) in [6.45, 7) is 1.90. The predicted octanol–water partition coefficient (Wildman–Crippen LogP) is 5.00. The topological polar surface area (TPSA) is 76.7 Å². The van der Waals surface area contributed by atoms with Crippen LogP contribution in [0.1, 0.15) is 15.9 Å². The van der Waals surface area contributed by atoms with Gasteiger partial charge in [0.05, 0.1) is 25.7 Å². The van der Waals surface area contributed by atoms with Gasteiger partial charge >= 0.3 is 0 Å². The van der Waals surface area contributed by atoms with Crippen LogP contribution in [0, 0.1) is 6.92 Å². The zero-order valence-electron chi connectivity index (χ0n) is 17.6. The SMILES string of the molecule is COc1ccc(NC(=O)CSc2ccc(NC(=O)c3ccccc3C)cc2)c(OC)c1. The Labute approximate surface area is 186 Å². The van der Waals surface area contributed by atoms with Gasteiger partial charge in [0.25, 0.3) is 5.91 Å². The molecule has 2 amide bonds. The van der Waals surface area contributed by atoms with E-state index in [4.69, 9.17) is 9.47 Å². The van der Waals surface area contributed by atoms with Crippen molar-refractivity contribution in [1.29, 1.82) is 0 Å². The van der Waals surface area contributed by atoms with Crippen molar-refractivity contribution < 1.29 is 19.1 Å². The minimum absolute atomic E-state index is 0.147. The first-order valence-corrected chi connectivity index (χ1v) is 10.6. The van der Waals surface area contributed by atoms with Crippen molar-refractivity contribution in [3.63, 3.8) is 0 Å². The molecule has 0 aliphatic carbocycles. The Bertz CT molecular complexity index is 1070. The van der Waals surface area contributed by atoms with Crippen molar-refractivity contribution in [1.82, 2.24) is 0 Å². The second-order valence-electron chi connectivity index (χ2n) is 6.70. The number of amides is 2. The van der Waals surface area contributed by atoms with Crippen LogP contribution in [0.25, 0.3) is 0 Å². The summed E-state index contributed by atoms with van der Waals surface area (Å²) in [7, 11) is 3.11. The number of hydrogen-bond donors (Lipinski definition) is 2. The van der Waals surface area contributed by atoms with Crippen molar-refractivity contribution in [2.45, 2.75) is 11.8 Å². The van der Waals surface area contributed by atoms with E-state index in [-0.39, 0.29) is 17.6 Å². The van der Waals surface area contributed by atoms with E-state index in [9.17, 15) is 9.59 Å². The van der Waals surface area contributed by atoms with Gasteiger partial charge in [0.1, 0.15) is 11.5 Å². The first-order valence-electron chi connectivity index (χ1n) is 9.62. The van der Waals surface area contributed by atoms with Crippen LogP contribution in [0.3, 0.4) is 0 Å². The van der Waals surface area contributed by atoms with Gasteiger partial charge in [-0.15, -0.1) is 11.8 Å². The highest BCUT2D eigenvalue weighted by Gasteiger charge is 2.11. The second-order valence-corrected chi connectivity index (χ2v) is 7.75. The quantitative estimate of drug-likeness (QED) is 0.486. The second kappa shape index (κ2) is 10.5. The van der Waals surface area contributed by atoms with Gasteiger partial charge in [0, 0.05) is 22.2 Å². The fourth-order valence-electron chi connectivity index (χ4n) is 2.90. The van der Waals surface area contributed by atoms with Crippen LogP contribution in [0.15, 0.2) is 71.6 Å². The maximum Gasteiger partial charge on any atom is 0.255 e. The number of thioether (sulfide) groups is 1. The molecule has 3 aromatic carbocycles.